The maximum Gasteiger partial charge on any atom is 0.292 e. The average molecular weight is 227 g/mol. The first-order valence-corrected chi connectivity index (χ1v) is 4.57. The van der Waals surface area contributed by atoms with E-state index in [2.05, 4.69) is 10.1 Å². The molecule has 0 atom stereocenters. The molecule has 0 bridgehead atoms. The summed E-state index contributed by atoms with van der Waals surface area (Å²) >= 11 is 0. The second-order valence-electron chi connectivity index (χ2n) is 2.28. The lowest BCUT2D eigenvalue weighted by Gasteiger charge is -1.85. The number of hydrogen-bond acceptors (Lipinski definition) is 4. The lowest BCUT2D eigenvalue weighted by molar-refractivity contribution is -0.126. The van der Waals surface area contributed by atoms with Crippen molar-refractivity contribution in [2.24, 2.45) is 0 Å². The zero-order valence-electron chi connectivity index (χ0n) is 9.20. The first-order chi connectivity index (χ1) is 7.83. The third-order valence-corrected chi connectivity index (χ3v) is 1.10. The molecule has 16 heavy (non-hydrogen) atoms. The number of rotatable bonds is 4. The van der Waals surface area contributed by atoms with Crippen molar-refractivity contribution in [2.75, 3.05) is 20.3 Å². The topological polar surface area (TPSA) is 75.6 Å². The second kappa shape index (κ2) is 18.8. The summed E-state index contributed by atoms with van der Waals surface area (Å²) in [4.78, 5) is 18.3. The first kappa shape index (κ1) is 16.5. The van der Waals surface area contributed by atoms with E-state index in [0.717, 1.165) is 0 Å². The number of nitrogens with one attached hydrogen (secondary N) is 1. The van der Waals surface area contributed by atoms with Gasteiger partial charge in [0.25, 0.3) is 6.47 Å². The van der Waals surface area contributed by atoms with Crippen molar-refractivity contribution >= 4 is 12.9 Å². The van der Waals surface area contributed by atoms with E-state index in [1.165, 1.54) is 7.11 Å². The Morgan fingerprint density at radius 3 is 1.62 bits per heavy atom. The predicted octanol–water partition coefficient (Wildman–Crippen LogP) is 0.200. The fraction of sp³-hybridized carbons (Fsp3) is 0.273. The highest BCUT2D eigenvalue weighted by molar-refractivity contribution is 5.45. The molecule has 0 heterocycles. The van der Waals surface area contributed by atoms with E-state index >= 15 is 0 Å². The van der Waals surface area contributed by atoms with E-state index in [1.54, 1.807) is 0 Å². The molecule has 5 nitrogen and oxygen atoms in total. The molecule has 1 amide bonds. The number of carbonyl (C=O) groups is 2. The molecule has 5 heteroatoms. The van der Waals surface area contributed by atoms with Gasteiger partial charge >= 0.3 is 0 Å². The van der Waals surface area contributed by atoms with E-state index in [0.29, 0.717) is 19.4 Å². The van der Waals surface area contributed by atoms with Crippen molar-refractivity contribution in [3.8, 4) is 0 Å². The molecule has 0 aliphatic carbocycles. The van der Waals surface area contributed by atoms with Crippen LogP contribution in [0, 0.1) is 0 Å². The Hall–Kier alpha value is -1.88. The minimum absolute atomic E-state index is 0.0126. The summed E-state index contributed by atoms with van der Waals surface area (Å²) in [5, 5.41) is 10.2. The van der Waals surface area contributed by atoms with Gasteiger partial charge in [-0.1, -0.05) is 36.4 Å². The second-order valence-corrected chi connectivity index (χ2v) is 2.28. The maximum atomic E-state index is 9.34. The van der Waals surface area contributed by atoms with Crippen LogP contribution in [0.1, 0.15) is 0 Å². The Kier molecular flexibility index (Phi) is 19.5. The quantitative estimate of drug-likeness (QED) is 0.569. The number of aliphatic hydroxyl groups excluding tert-OH is 1. The molecule has 0 fully saturated rings. The molecule has 0 unspecified atom stereocenters. The fourth-order valence-corrected chi connectivity index (χ4v) is 0.508. The largest absolute Gasteiger partial charge is 0.471 e. The zero-order valence-corrected chi connectivity index (χ0v) is 9.20. The Bertz CT molecular complexity index is 202. The van der Waals surface area contributed by atoms with Crippen LogP contribution in [0.4, 0.5) is 0 Å². The van der Waals surface area contributed by atoms with Crippen LogP contribution in [0.2, 0.25) is 0 Å². The molecule has 0 saturated heterocycles. The van der Waals surface area contributed by atoms with Gasteiger partial charge < -0.3 is 15.2 Å². The molecular formula is C11H17NO4. The number of hydrogen-bond donors (Lipinski definition) is 2. The van der Waals surface area contributed by atoms with Crippen LogP contribution in [0.25, 0.3) is 0 Å². The highest BCUT2D eigenvalue weighted by atomic mass is 16.5. The summed E-state index contributed by atoms with van der Waals surface area (Å²) < 4.78 is 3.86. The minimum Gasteiger partial charge on any atom is -0.471 e. The van der Waals surface area contributed by atoms with Gasteiger partial charge in [0, 0.05) is 6.54 Å². The van der Waals surface area contributed by atoms with Crippen molar-refractivity contribution in [3.63, 3.8) is 0 Å². The van der Waals surface area contributed by atoms with Gasteiger partial charge in [0.05, 0.1) is 13.7 Å². The molecule has 0 saturated carbocycles. The Labute approximate surface area is 95.0 Å². The standard InChI is InChI=1S/C6H6.C3H7NO2.C2H4O2/c1-2-4-6-5-3-1;5-2-1-4-3-6;1-4-2-3/h1-6H;3,5H,1-2H2,(H,4,6);2H,1H3. The van der Waals surface area contributed by atoms with Crippen molar-refractivity contribution in [3.05, 3.63) is 36.4 Å². The van der Waals surface area contributed by atoms with Crippen molar-refractivity contribution in [2.45, 2.75) is 0 Å². The minimum atomic E-state index is 0.0126. The number of ether oxygens (including phenoxy) is 1. The Balaban J connectivity index is 0. The van der Waals surface area contributed by atoms with Crippen LogP contribution in [0.5, 0.6) is 0 Å². The average Bonchev–Trinajstić information content (AvgIpc) is 2.39. The van der Waals surface area contributed by atoms with Gasteiger partial charge in [0.1, 0.15) is 0 Å². The lowest BCUT2D eigenvalue weighted by Crippen LogP contribution is -2.14. The van der Waals surface area contributed by atoms with Crippen molar-refractivity contribution < 1.29 is 19.4 Å². The van der Waals surface area contributed by atoms with Crippen LogP contribution in [-0.2, 0) is 14.3 Å². The van der Waals surface area contributed by atoms with E-state index < -0.39 is 0 Å². The maximum absolute atomic E-state index is 9.34. The van der Waals surface area contributed by atoms with Gasteiger partial charge in [-0.2, -0.15) is 0 Å². The molecule has 0 spiro atoms. The van der Waals surface area contributed by atoms with Gasteiger partial charge in [-0.3, -0.25) is 9.59 Å². The molecule has 1 aromatic rings. The van der Waals surface area contributed by atoms with Gasteiger partial charge in [-0.15, -0.1) is 0 Å². The van der Waals surface area contributed by atoms with E-state index in [9.17, 15) is 4.79 Å². The number of methoxy groups -OCH3 is 1. The van der Waals surface area contributed by atoms with Crippen LogP contribution in [0.15, 0.2) is 36.4 Å². The van der Waals surface area contributed by atoms with Crippen molar-refractivity contribution in [1.29, 1.82) is 0 Å². The third kappa shape index (κ3) is 22.7. The van der Waals surface area contributed by atoms with Crippen LogP contribution < -0.4 is 5.32 Å². The molecule has 0 aromatic heterocycles. The normalized spacial score (nSPS) is 7.12. The SMILES string of the molecule is COC=O.O=CNCCO.c1ccccc1. The molecule has 1 aromatic carbocycles. The predicted molar refractivity (Wildman–Crippen MR) is 60.7 cm³/mol. The summed E-state index contributed by atoms with van der Waals surface area (Å²) in [5.41, 5.74) is 0. The lowest BCUT2D eigenvalue weighted by atomic mass is 10.4. The molecule has 0 radical (unpaired) electrons. The number of aliphatic hydroxyl groups is 1. The molecular weight excluding hydrogens is 210 g/mol. The van der Waals surface area contributed by atoms with Crippen molar-refractivity contribution in [1.82, 2.24) is 5.32 Å². The van der Waals surface area contributed by atoms with E-state index in [1.807, 2.05) is 36.4 Å². The highest BCUT2D eigenvalue weighted by Gasteiger charge is 1.70. The third-order valence-electron chi connectivity index (χ3n) is 1.10. The highest BCUT2D eigenvalue weighted by Crippen LogP contribution is 1.79. The van der Waals surface area contributed by atoms with E-state index in [-0.39, 0.29) is 6.61 Å². The number of carbonyl (C=O) groups excluding carboxylic acids is 2. The summed E-state index contributed by atoms with van der Waals surface area (Å²) in [6.45, 7) is 0.738. The van der Waals surface area contributed by atoms with E-state index in [4.69, 9.17) is 9.90 Å². The first-order valence-electron chi connectivity index (χ1n) is 4.57. The van der Waals surface area contributed by atoms with Gasteiger partial charge in [-0.05, 0) is 0 Å². The summed E-state index contributed by atoms with van der Waals surface area (Å²) in [5.74, 6) is 0. The summed E-state index contributed by atoms with van der Waals surface area (Å²) in [7, 11) is 1.31. The Morgan fingerprint density at radius 2 is 1.50 bits per heavy atom. The van der Waals surface area contributed by atoms with Crippen LogP contribution in [0.3, 0.4) is 0 Å². The number of benzene rings is 1. The van der Waals surface area contributed by atoms with Crippen LogP contribution in [-0.4, -0.2) is 38.3 Å². The molecule has 2 N–H and O–H groups in total. The van der Waals surface area contributed by atoms with Gasteiger partial charge in [0.2, 0.25) is 6.41 Å². The molecule has 1 rings (SSSR count). The molecule has 0 aliphatic rings. The molecule has 0 aliphatic heterocycles. The smallest absolute Gasteiger partial charge is 0.292 e. The zero-order chi connectivity index (χ0) is 12.5. The number of amides is 1. The fourth-order valence-electron chi connectivity index (χ4n) is 0.508. The monoisotopic (exact) mass is 227 g/mol. The van der Waals surface area contributed by atoms with Gasteiger partial charge in [0.15, 0.2) is 0 Å². The Morgan fingerprint density at radius 1 is 1.12 bits per heavy atom. The van der Waals surface area contributed by atoms with Crippen LogP contribution >= 0.6 is 0 Å². The molecule has 90 valence electrons. The summed E-state index contributed by atoms with van der Waals surface area (Å²) in [6, 6.07) is 12.0. The van der Waals surface area contributed by atoms with Gasteiger partial charge in [-0.25, -0.2) is 0 Å². The summed E-state index contributed by atoms with van der Waals surface area (Å²) in [6.07, 6.45) is 0.552.